The van der Waals surface area contributed by atoms with Crippen molar-refractivity contribution in [1.82, 2.24) is 4.98 Å². The second-order valence-corrected chi connectivity index (χ2v) is 5.66. The van der Waals surface area contributed by atoms with Crippen molar-refractivity contribution in [3.63, 3.8) is 0 Å². The van der Waals surface area contributed by atoms with Crippen molar-refractivity contribution in [2.75, 3.05) is 0 Å². The molecule has 0 saturated carbocycles. The van der Waals surface area contributed by atoms with Gasteiger partial charge in [0.25, 0.3) is 0 Å². The summed E-state index contributed by atoms with van der Waals surface area (Å²) in [5, 5.41) is 3.25. The lowest BCUT2D eigenvalue weighted by Crippen LogP contribution is -1.94. The quantitative estimate of drug-likeness (QED) is 0.680. The molecule has 1 nitrogen and oxygen atoms in total. The maximum Gasteiger partial charge on any atom is 0.0901 e. The molecular weight excluding hydrogens is 214 g/mol. The number of rotatable bonds is 4. The first-order valence-electron chi connectivity index (χ1n) is 5.72. The van der Waals surface area contributed by atoms with Gasteiger partial charge in [0, 0.05) is 5.38 Å². The molecule has 1 aromatic heterocycles. The zero-order valence-electron chi connectivity index (χ0n) is 10.9. The molecule has 0 fully saturated rings. The van der Waals surface area contributed by atoms with Crippen LogP contribution in [0.1, 0.15) is 44.8 Å². The monoisotopic (exact) mass is 235 g/mol. The fourth-order valence-electron chi connectivity index (χ4n) is 1.42. The first kappa shape index (κ1) is 13.2. The van der Waals surface area contributed by atoms with Gasteiger partial charge in [0.05, 0.1) is 10.7 Å². The van der Waals surface area contributed by atoms with Gasteiger partial charge in [-0.25, -0.2) is 4.98 Å². The third-order valence-electron chi connectivity index (χ3n) is 2.67. The summed E-state index contributed by atoms with van der Waals surface area (Å²) in [4.78, 5) is 4.46. The number of hydrogen-bond acceptors (Lipinski definition) is 2. The van der Waals surface area contributed by atoms with Gasteiger partial charge in [-0.3, -0.25) is 0 Å². The van der Waals surface area contributed by atoms with Gasteiger partial charge in [-0.15, -0.1) is 11.3 Å². The van der Waals surface area contributed by atoms with Crippen molar-refractivity contribution >= 4 is 17.4 Å². The van der Waals surface area contributed by atoms with E-state index in [1.54, 1.807) is 11.3 Å². The third-order valence-corrected chi connectivity index (χ3v) is 3.46. The van der Waals surface area contributed by atoms with E-state index in [1.165, 1.54) is 11.1 Å². The summed E-state index contributed by atoms with van der Waals surface area (Å²) in [5.74, 6) is 0.594. The summed E-state index contributed by atoms with van der Waals surface area (Å²) in [6.45, 7) is 10.8. The Balaban J connectivity index is 2.66. The van der Waals surface area contributed by atoms with Crippen LogP contribution in [0.4, 0.5) is 0 Å². The van der Waals surface area contributed by atoms with Crippen molar-refractivity contribution in [3.8, 4) is 0 Å². The van der Waals surface area contributed by atoms with Gasteiger partial charge in [-0.2, -0.15) is 0 Å². The Morgan fingerprint density at radius 1 is 1.44 bits per heavy atom. The van der Waals surface area contributed by atoms with Gasteiger partial charge >= 0.3 is 0 Å². The Bertz CT molecular complexity index is 395. The van der Waals surface area contributed by atoms with Crippen LogP contribution in [-0.4, -0.2) is 4.98 Å². The zero-order chi connectivity index (χ0) is 12.1. The van der Waals surface area contributed by atoms with Crippen LogP contribution in [0.5, 0.6) is 0 Å². The molecular formula is C14H21NS. The van der Waals surface area contributed by atoms with Gasteiger partial charge in [0.15, 0.2) is 0 Å². The Labute approximate surface area is 103 Å². The molecule has 0 aliphatic carbocycles. The SMILES string of the molecule is CC(C)=CC[C@H](C)/C(C)=C/c1csc(C)n1. The number of allylic oxidation sites excluding steroid dienone is 3. The molecule has 0 bridgehead atoms. The Kier molecular flexibility index (Phi) is 4.94. The highest BCUT2D eigenvalue weighted by molar-refractivity contribution is 7.09. The minimum Gasteiger partial charge on any atom is -0.242 e. The Hall–Kier alpha value is -0.890. The largest absolute Gasteiger partial charge is 0.242 e. The van der Waals surface area contributed by atoms with Crippen LogP contribution in [0.3, 0.4) is 0 Å². The first-order chi connectivity index (χ1) is 7.49. The maximum atomic E-state index is 4.46. The van der Waals surface area contributed by atoms with Gasteiger partial charge in [0.2, 0.25) is 0 Å². The standard InChI is InChI=1S/C14H21NS/c1-10(2)6-7-11(3)12(4)8-14-9-16-13(5)15-14/h6,8-9,11H,7H2,1-5H3/b12-8+/t11-/m0/s1. The molecule has 1 aromatic rings. The smallest absolute Gasteiger partial charge is 0.0901 e. The Morgan fingerprint density at radius 2 is 2.12 bits per heavy atom. The molecule has 0 unspecified atom stereocenters. The number of aromatic nitrogens is 1. The van der Waals surface area contributed by atoms with E-state index in [2.05, 4.69) is 50.2 Å². The number of hydrogen-bond donors (Lipinski definition) is 0. The minimum atomic E-state index is 0.594. The van der Waals surface area contributed by atoms with E-state index >= 15 is 0 Å². The molecule has 2 heteroatoms. The molecule has 0 spiro atoms. The van der Waals surface area contributed by atoms with Crippen LogP contribution in [0.25, 0.3) is 6.08 Å². The van der Waals surface area contributed by atoms with Crippen LogP contribution in [0, 0.1) is 12.8 Å². The highest BCUT2D eigenvalue weighted by Gasteiger charge is 2.03. The molecule has 16 heavy (non-hydrogen) atoms. The fraction of sp³-hybridized carbons (Fsp3) is 0.500. The molecule has 1 rings (SSSR count). The van der Waals surface area contributed by atoms with E-state index in [9.17, 15) is 0 Å². The zero-order valence-corrected chi connectivity index (χ0v) is 11.7. The number of nitrogens with zero attached hydrogens (tertiary/aromatic N) is 1. The molecule has 0 radical (unpaired) electrons. The summed E-state index contributed by atoms with van der Waals surface area (Å²) in [5.41, 5.74) is 3.90. The molecule has 0 aliphatic heterocycles. The van der Waals surface area contributed by atoms with Crippen LogP contribution < -0.4 is 0 Å². The first-order valence-corrected chi connectivity index (χ1v) is 6.60. The van der Waals surface area contributed by atoms with Gasteiger partial charge in [-0.1, -0.05) is 24.1 Å². The van der Waals surface area contributed by atoms with Gasteiger partial charge in [-0.05, 0) is 46.1 Å². The Morgan fingerprint density at radius 3 is 2.62 bits per heavy atom. The van der Waals surface area contributed by atoms with Crippen molar-refractivity contribution < 1.29 is 0 Å². The molecule has 0 saturated heterocycles. The molecule has 0 N–H and O–H groups in total. The van der Waals surface area contributed by atoms with Gasteiger partial charge < -0.3 is 0 Å². The van der Waals surface area contributed by atoms with E-state index in [0.29, 0.717) is 5.92 Å². The summed E-state index contributed by atoms with van der Waals surface area (Å²) >= 11 is 1.71. The van der Waals surface area contributed by atoms with Crippen molar-refractivity contribution in [2.24, 2.45) is 5.92 Å². The summed E-state index contributed by atoms with van der Waals surface area (Å²) < 4.78 is 0. The molecule has 0 aliphatic rings. The summed E-state index contributed by atoms with van der Waals surface area (Å²) in [6.07, 6.45) is 5.62. The summed E-state index contributed by atoms with van der Waals surface area (Å²) in [7, 11) is 0. The third kappa shape index (κ3) is 4.31. The highest BCUT2D eigenvalue weighted by Crippen LogP contribution is 2.19. The second-order valence-electron chi connectivity index (χ2n) is 4.60. The van der Waals surface area contributed by atoms with Crippen molar-refractivity contribution in [1.29, 1.82) is 0 Å². The van der Waals surface area contributed by atoms with E-state index in [4.69, 9.17) is 0 Å². The van der Waals surface area contributed by atoms with Gasteiger partial charge in [0.1, 0.15) is 0 Å². The predicted molar refractivity (Wildman–Crippen MR) is 73.7 cm³/mol. The summed E-state index contributed by atoms with van der Waals surface area (Å²) in [6, 6.07) is 0. The minimum absolute atomic E-state index is 0.594. The van der Waals surface area contributed by atoms with E-state index < -0.39 is 0 Å². The molecule has 1 heterocycles. The molecule has 0 amide bonds. The highest BCUT2D eigenvalue weighted by atomic mass is 32.1. The molecule has 88 valence electrons. The molecule has 1 atom stereocenters. The lowest BCUT2D eigenvalue weighted by Gasteiger charge is -2.09. The number of aryl methyl sites for hydroxylation is 1. The maximum absolute atomic E-state index is 4.46. The predicted octanol–water partition coefficient (Wildman–Crippen LogP) is 4.85. The van der Waals surface area contributed by atoms with Crippen LogP contribution >= 0.6 is 11.3 Å². The van der Waals surface area contributed by atoms with Crippen molar-refractivity contribution in [3.05, 3.63) is 33.3 Å². The van der Waals surface area contributed by atoms with Crippen molar-refractivity contribution in [2.45, 2.75) is 41.0 Å². The fourth-order valence-corrected chi connectivity index (χ4v) is 1.99. The van der Waals surface area contributed by atoms with Crippen LogP contribution in [0.15, 0.2) is 22.6 Å². The topological polar surface area (TPSA) is 12.9 Å². The van der Waals surface area contributed by atoms with Crippen LogP contribution in [0.2, 0.25) is 0 Å². The average Bonchev–Trinajstić information content (AvgIpc) is 2.60. The molecule has 0 aromatic carbocycles. The van der Waals surface area contributed by atoms with E-state index in [0.717, 1.165) is 17.1 Å². The lowest BCUT2D eigenvalue weighted by atomic mass is 9.97. The number of thiazole rings is 1. The normalized spacial score (nSPS) is 13.7. The average molecular weight is 235 g/mol. The van der Waals surface area contributed by atoms with E-state index in [1.807, 2.05) is 6.92 Å². The van der Waals surface area contributed by atoms with E-state index in [-0.39, 0.29) is 0 Å². The van der Waals surface area contributed by atoms with Crippen LogP contribution in [-0.2, 0) is 0 Å². The second kappa shape index (κ2) is 6.00. The lowest BCUT2D eigenvalue weighted by molar-refractivity contribution is 0.697.